The SMILES string of the molecule is COC(=O)C(C)(C)CNc1ncnc2sc(C)cc12. The summed E-state index contributed by atoms with van der Waals surface area (Å²) in [5, 5.41) is 4.20. The van der Waals surface area contributed by atoms with Crippen molar-refractivity contribution in [3.8, 4) is 0 Å². The van der Waals surface area contributed by atoms with Crippen molar-refractivity contribution in [2.45, 2.75) is 20.8 Å². The number of hydrogen-bond donors (Lipinski definition) is 1. The molecule has 0 fully saturated rings. The van der Waals surface area contributed by atoms with Crippen molar-refractivity contribution in [3.05, 3.63) is 17.3 Å². The Labute approximate surface area is 116 Å². The molecule has 0 aliphatic rings. The molecule has 2 aromatic rings. The normalized spacial score (nSPS) is 11.6. The number of ether oxygens (including phenoxy) is 1. The highest BCUT2D eigenvalue weighted by molar-refractivity contribution is 7.18. The average molecular weight is 279 g/mol. The molecular formula is C13H17N3O2S. The van der Waals surface area contributed by atoms with E-state index in [0.29, 0.717) is 6.54 Å². The molecule has 0 amide bonds. The first-order valence-corrected chi connectivity index (χ1v) is 6.79. The number of esters is 1. The van der Waals surface area contributed by atoms with Gasteiger partial charge >= 0.3 is 5.97 Å². The van der Waals surface area contributed by atoms with Crippen molar-refractivity contribution in [2.24, 2.45) is 5.41 Å². The Hall–Kier alpha value is -1.69. The minimum atomic E-state index is -0.600. The second-order valence-corrected chi connectivity index (χ2v) is 6.26. The quantitative estimate of drug-likeness (QED) is 0.872. The molecule has 102 valence electrons. The lowest BCUT2D eigenvalue weighted by Crippen LogP contribution is -2.33. The molecule has 0 unspecified atom stereocenters. The number of nitrogens with one attached hydrogen (secondary N) is 1. The Morgan fingerprint density at radius 3 is 2.89 bits per heavy atom. The highest BCUT2D eigenvalue weighted by atomic mass is 32.1. The van der Waals surface area contributed by atoms with E-state index in [-0.39, 0.29) is 5.97 Å². The van der Waals surface area contributed by atoms with E-state index in [1.807, 2.05) is 26.8 Å². The number of aryl methyl sites for hydroxylation is 1. The summed E-state index contributed by atoms with van der Waals surface area (Å²) in [6.07, 6.45) is 1.53. The topological polar surface area (TPSA) is 64.1 Å². The van der Waals surface area contributed by atoms with Crippen LogP contribution in [0.25, 0.3) is 10.2 Å². The third kappa shape index (κ3) is 2.84. The fourth-order valence-electron chi connectivity index (χ4n) is 1.77. The van der Waals surface area contributed by atoms with Gasteiger partial charge in [0.15, 0.2) is 0 Å². The summed E-state index contributed by atoms with van der Waals surface area (Å²) in [6.45, 7) is 6.17. The summed E-state index contributed by atoms with van der Waals surface area (Å²) in [6, 6.07) is 2.05. The molecule has 0 radical (unpaired) electrons. The van der Waals surface area contributed by atoms with E-state index in [9.17, 15) is 4.79 Å². The number of nitrogens with zero attached hydrogens (tertiary/aromatic N) is 2. The summed E-state index contributed by atoms with van der Waals surface area (Å²) in [5.74, 6) is 0.512. The third-order valence-electron chi connectivity index (χ3n) is 2.89. The van der Waals surface area contributed by atoms with E-state index >= 15 is 0 Å². The van der Waals surface area contributed by atoms with E-state index in [4.69, 9.17) is 4.74 Å². The van der Waals surface area contributed by atoms with Gasteiger partial charge in [0.1, 0.15) is 17.0 Å². The van der Waals surface area contributed by atoms with Crippen LogP contribution < -0.4 is 5.32 Å². The number of carbonyl (C=O) groups excluding carboxylic acids is 1. The van der Waals surface area contributed by atoms with Gasteiger partial charge in [0.2, 0.25) is 0 Å². The van der Waals surface area contributed by atoms with Gasteiger partial charge in [0, 0.05) is 11.4 Å². The molecule has 2 heterocycles. The molecule has 1 N–H and O–H groups in total. The van der Waals surface area contributed by atoms with Crippen LogP contribution in [0, 0.1) is 12.3 Å². The highest BCUT2D eigenvalue weighted by Crippen LogP contribution is 2.28. The number of thiophene rings is 1. The monoisotopic (exact) mass is 279 g/mol. The lowest BCUT2D eigenvalue weighted by Gasteiger charge is -2.22. The molecule has 0 saturated carbocycles. The van der Waals surface area contributed by atoms with E-state index in [1.165, 1.54) is 18.3 Å². The first-order valence-electron chi connectivity index (χ1n) is 5.97. The third-order valence-corrected chi connectivity index (χ3v) is 3.85. The standard InChI is InChI=1S/C13H17N3O2S/c1-8-5-9-10(15-7-16-11(9)19-8)14-6-13(2,3)12(17)18-4/h5,7H,6H2,1-4H3,(H,14,15,16). The molecule has 5 nitrogen and oxygen atoms in total. The van der Waals surface area contributed by atoms with Crippen LogP contribution >= 0.6 is 11.3 Å². The first-order chi connectivity index (χ1) is 8.94. The lowest BCUT2D eigenvalue weighted by atomic mass is 9.94. The minimum Gasteiger partial charge on any atom is -0.469 e. The van der Waals surface area contributed by atoms with Gasteiger partial charge in [-0.1, -0.05) is 0 Å². The van der Waals surface area contributed by atoms with Crippen LogP contribution in [0.1, 0.15) is 18.7 Å². The summed E-state index contributed by atoms with van der Waals surface area (Å²) in [7, 11) is 1.40. The van der Waals surface area contributed by atoms with Gasteiger partial charge in [0.05, 0.1) is 17.9 Å². The van der Waals surface area contributed by atoms with Crippen molar-refractivity contribution >= 4 is 33.3 Å². The van der Waals surface area contributed by atoms with Crippen molar-refractivity contribution in [1.82, 2.24) is 9.97 Å². The van der Waals surface area contributed by atoms with E-state index in [1.54, 1.807) is 11.3 Å². The fourth-order valence-corrected chi connectivity index (χ4v) is 2.62. The summed E-state index contributed by atoms with van der Waals surface area (Å²) in [4.78, 5) is 22.2. The van der Waals surface area contributed by atoms with Gasteiger partial charge < -0.3 is 10.1 Å². The van der Waals surface area contributed by atoms with Crippen LogP contribution in [-0.2, 0) is 9.53 Å². The van der Waals surface area contributed by atoms with Gasteiger partial charge in [-0.05, 0) is 26.8 Å². The van der Waals surface area contributed by atoms with E-state index in [2.05, 4.69) is 15.3 Å². The van der Waals surface area contributed by atoms with Gasteiger partial charge in [-0.2, -0.15) is 0 Å². The number of aromatic nitrogens is 2. The molecule has 19 heavy (non-hydrogen) atoms. The molecule has 0 spiro atoms. The van der Waals surface area contributed by atoms with Crippen LogP contribution in [0.3, 0.4) is 0 Å². The predicted octanol–water partition coefficient (Wildman–Crippen LogP) is 2.61. The van der Waals surface area contributed by atoms with Gasteiger partial charge in [-0.25, -0.2) is 9.97 Å². The smallest absolute Gasteiger partial charge is 0.313 e. The van der Waals surface area contributed by atoms with Gasteiger partial charge in [-0.15, -0.1) is 11.3 Å². The zero-order valence-electron chi connectivity index (χ0n) is 11.5. The van der Waals surface area contributed by atoms with Crippen LogP contribution in [0.4, 0.5) is 5.82 Å². The van der Waals surface area contributed by atoms with Gasteiger partial charge in [0.25, 0.3) is 0 Å². The molecule has 0 bridgehead atoms. The number of carbonyl (C=O) groups is 1. The molecule has 0 aromatic carbocycles. The van der Waals surface area contributed by atoms with Crippen molar-refractivity contribution in [2.75, 3.05) is 19.0 Å². The van der Waals surface area contributed by atoms with Crippen LogP contribution in [0.15, 0.2) is 12.4 Å². The summed E-state index contributed by atoms with van der Waals surface area (Å²) >= 11 is 1.63. The second kappa shape index (κ2) is 5.13. The predicted molar refractivity (Wildman–Crippen MR) is 76.4 cm³/mol. The van der Waals surface area contributed by atoms with Crippen molar-refractivity contribution in [1.29, 1.82) is 0 Å². The average Bonchev–Trinajstić information content (AvgIpc) is 2.75. The lowest BCUT2D eigenvalue weighted by molar-refractivity contribution is -0.149. The Morgan fingerprint density at radius 1 is 1.47 bits per heavy atom. The Bertz CT molecular complexity index is 607. The maximum Gasteiger partial charge on any atom is 0.313 e. The zero-order valence-corrected chi connectivity index (χ0v) is 12.3. The molecule has 0 saturated heterocycles. The van der Waals surface area contributed by atoms with Crippen molar-refractivity contribution < 1.29 is 9.53 Å². The number of rotatable bonds is 4. The largest absolute Gasteiger partial charge is 0.469 e. The van der Waals surface area contributed by atoms with Gasteiger partial charge in [-0.3, -0.25) is 4.79 Å². The molecule has 0 aliphatic heterocycles. The minimum absolute atomic E-state index is 0.244. The van der Waals surface area contributed by atoms with E-state index < -0.39 is 5.41 Å². The Kier molecular flexibility index (Phi) is 3.71. The molecule has 0 aliphatic carbocycles. The number of fused-ring (bicyclic) bond motifs is 1. The molecule has 6 heteroatoms. The fraction of sp³-hybridized carbons (Fsp3) is 0.462. The number of hydrogen-bond acceptors (Lipinski definition) is 6. The molecule has 2 aromatic heterocycles. The maximum absolute atomic E-state index is 11.6. The van der Waals surface area contributed by atoms with Crippen LogP contribution in [0.5, 0.6) is 0 Å². The zero-order chi connectivity index (χ0) is 14.0. The Morgan fingerprint density at radius 2 is 2.21 bits per heavy atom. The molecular weight excluding hydrogens is 262 g/mol. The number of anilines is 1. The molecule has 0 atom stereocenters. The maximum atomic E-state index is 11.6. The first kappa shape index (κ1) is 13.7. The molecule has 2 rings (SSSR count). The van der Waals surface area contributed by atoms with Crippen LogP contribution in [-0.4, -0.2) is 29.6 Å². The summed E-state index contributed by atoms with van der Waals surface area (Å²) in [5.41, 5.74) is -0.600. The summed E-state index contributed by atoms with van der Waals surface area (Å²) < 4.78 is 4.79. The number of methoxy groups -OCH3 is 1. The van der Waals surface area contributed by atoms with E-state index in [0.717, 1.165) is 16.0 Å². The second-order valence-electron chi connectivity index (χ2n) is 5.03. The Balaban J connectivity index is 2.20. The van der Waals surface area contributed by atoms with Crippen molar-refractivity contribution in [3.63, 3.8) is 0 Å². The van der Waals surface area contributed by atoms with Crippen LogP contribution in [0.2, 0.25) is 0 Å². The highest BCUT2D eigenvalue weighted by Gasteiger charge is 2.28.